The summed E-state index contributed by atoms with van der Waals surface area (Å²) in [4.78, 5) is 35.1. The minimum absolute atomic E-state index is 0.107. The molecule has 3 heterocycles. The molecule has 0 saturated carbocycles. The van der Waals surface area contributed by atoms with Crippen molar-refractivity contribution in [2.24, 2.45) is 10.7 Å². The van der Waals surface area contributed by atoms with Gasteiger partial charge in [0.2, 0.25) is 29.5 Å². The van der Waals surface area contributed by atoms with Crippen LogP contribution in [-0.4, -0.2) is 44.4 Å². The van der Waals surface area contributed by atoms with E-state index in [-0.39, 0.29) is 36.5 Å². The SMILES string of the molecule is Cc1nnc(C2CN=C(Nc3ccc(Oc4cccc(C(N)=O)n4)cc3)N(Cc3ccc(Cl)cc3)C2=O)o1. The van der Waals surface area contributed by atoms with E-state index in [0.29, 0.717) is 28.3 Å². The summed E-state index contributed by atoms with van der Waals surface area (Å²) in [5, 5.41) is 11.7. The summed E-state index contributed by atoms with van der Waals surface area (Å²) >= 11 is 6.03. The van der Waals surface area contributed by atoms with Crippen molar-refractivity contribution in [3.05, 3.63) is 94.8 Å². The fourth-order valence-corrected chi connectivity index (χ4v) is 3.89. The summed E-state index contributed by atoms with van der Waals surface area (Å²) < 4.78 is 11.3. The van der Waals surface area contributed by atoms with E-state index in [4.69, 9.17) is 26.5 Å². The lowest BCUT2D eigenvalue weighted by atomic mass is 10.1. The van der Waals surface area contributed by atoms with Gasteiger partial charge in [-0.2, -0.15) is 0 Å². The van der Waals surface area contributed by atoms with E-state index < -0.39 is 11.8 Å². The number of ether oxygens (including phenoxy) is 1. The monoisotopic (exact) mass is 531 g/mol. The van der Waals surface area contributed by atoms with Gasteiger partial charge in [-0.15, -0.1) is 10.2 Å². The number of rotatable bonds is 7. The van der Waals surface area contributed by atoms with Crippen LogP contribution in [0.3, 0.4) is 0 Å². The Morgan fingerprint density at radius 2 is 1.89 bits per heavy atom. The number of halogens is 1. The Kier molecular flexibility index (Phi) is 7.00. The minimum atomic E-state index is -0.687. The molecule has 1 atom stereocenters. The predicted octanol–water partition coefficient (Wildman–Crippen LogP) is 3.91. The zero-order chi connectivity index (χ0) is 26.6. The number of nitrogens with one attached hydrogen (secondary N) is 1. The molecular formula is C26H22ClN7O4. The number of aromatic nitrogens is 3. The second kappa shape index (κ2) is 10.7. The number of primary amides is 1. The quantitative estimate of drug-likeness (QED) is 0.364. The van der Waals surface area contributed by atoms with Crippen LogP contribution in [0.1, 0.15) is 33.8 Å². The fraction of sp³-hybridized carbons (Fsp3) is 0.154. The smallest absolute Gasteiger partial charge is 0.267 e. The van der Waals surface area contributed by atoms with E-state index in [1.807, 2.05) is 12.1 Å². The molecule has 3 N–H and O–H groups in total. The Morgan fingerprint density at radius 3 is 2.58 bits per heavy atom. The Labute approximate surface area is 222 Å². The Hall–Kier alpha value is -4.77. The number of nitrogens with zero attached hydrogens (tertiary/aromatic N) is 5. The number of aliphatic imine (C=N–C) groups is 1. The lowest BCUT2D eigenvalue weighted by Crippen LogP contribution is -2.47. The molecule has 1 aliphatic heterocycles. The molecule has 0 bridgehead atoms. The van der Waals surface area contributed by atoms with Gasteiger partial charge in [-0.25, -0.2) is 4.98 Å². The molecule has 2 amide bonds. The first-order chi connectivity index (χ1) is 18.4. The topological polar surface area (TPSA) is 149 Å². The highest BCUT2D eigenvalue weighted by Crippen LogP contribution is 2.26. The van der Waals surface area contributed by atoms with Crippen LogP contribution in [-0.2, 0) is 11.3 Å². The molecule has 0 fully saturated rings. The molecule has 12 heteroatoms. The first kappa shape index (κ1) is 24.9. The third-order valence-electron chi connectivity index (χ3n) is 5.65. The Bertz CT molecular complexity index is 1500. The lowest BCUT2D eigenvalue weighted by Gasteiger charge is -2.31. The number of hydrogen-bond donors (Lipinski definition) is 2. The van der Waals surface area contributed by atoms with E-state index in [0.717, 1.165) is 5.56 Å². The third kappa shape index (κ3) is 5.62. The molecule has 4 aromatic rings. The number of carbonyl (C=O) groups excluding carboxylic acids is 2. The molecule has 2 aromatic carbocycles. The number of amides is 2. The van der Waals surface area contributed by atoms with Crippen LogP contribution < -0.4 is 15.8 Å². The number of pyridine rings is 1. The van der Waals surface area contributed by atoms with Crippen LogP contribution in [0.4, 0.5) is 5.69 Å². The van der Waals surface area contributed by atoms with Crippen LogP contribution >= 0.6 is 11.6 Å². The molecule has 0 spiro atoms. The standard InChI is InChI=1S/C26H22ClN7O4/c1-15-32-33-24(37-15)20-13-29-26(34(25(20)36)14-16-5-7-17(27)8-6-16)30-18-9-11-19(12-10-18)38-22-4-2-3-21(31-22)23(28)35/h2-12,20H,13-14H2,1H3,(H2,28,35)(H,29,30). The Balaban J connectivity index is 1.35. The minimum Gasteiger partial charge on any atom is -0.439 e. The molecule has 0 radical (unpaired) electrons. The van der Waals surface area contributed by atoms with Gasteiger partial charge in [0.25, 0.3) is 5.91 Å². The maximum Gasteiger partial charge on any atom is 0.267 e. The average molecular weight is 532 g/mol. The van der Waals surface area contributed by atoms with Crippen molar-refractivity contribution in [3.63, 3.8) is 0 Å². The summed E-state index contributed by atoms with van der Waals surface area (Å²) in [6.45, 7) is 2.08. The lowest BCUT2D eigenvalue weighted by molar-refractivity contribution is -0.130. The van der Waals surface area contributed by atoms with Gasteiger partial charge in [-0.05, 0) is 48.0 Å². The summed E-state index contributed by atoms with van der Waals surface area (Å²) in [6.07, 6.45) is 0. The molecule has 192 valence electrons. The van der Waals surface area contributed by atoms with Crippen molar-refractivity contribution < 1.29 is 18.7 Å². The van der Waals surface area contributed by atoms with Gasteiger partial charge in [0.15, 0.2) is 0 Å². The van der Waals surface area contributed by atoms with E-state index in [2.05, 4.69) is 25.5 Å². The normalized spacial score (nSPS) is 15.2. The number of anilines is 1. The number of benzene rings is 2. The highest BCUT2D eigenvalue weighted by atomic mass is 35.5. The second-order valence-electron chi connectivity index (χ2n) is 8.40. The number of hydrogen-bond acceptors (Lipinski definition) is 9. The summed E-state index contributed by atoms with van der Waals surface area (Å²) in [5.41, 5.74) is 6.93. The van der Waals surface area contributed by atoms with E-state index >= 15 is 0 Å². The van der Waals surface area contributed by atoms with Crippen molar-refractivity contribution >= 4 is 35.1 Å². The highest BCUT2D eigenvalue weighted by molar-refractivity contribution is 6.30. The fourth-order valence-electron chi connectivity index (χ4n) is 3.77. The number of aryl methyl sites for hydroxylation is 1. The van der Waals surface area contributed by atoms with Crippen LogP contribution in [0.2, 0.25) is 5.02 Å². The van der Waals surface area contributed by atoms with Crippen molar-refractivity contribution in [3.8, 4) is 11.6 Å². The molecular weight excluding hydrogens is 510 g/mol. The number of carbonyl (C=O) groups is 2. The van der Waals surface area contributed by atoms with Crippen molar-refractivity contribution in [2.75, 3.05) is 11.9 Å². The van der Waals surface area contributed by atoms with Crippen LogP contribution in [0.15, 0.2) is 76.1 Å². The van der Waals surface area contributed by atoms with Gasteiger partial charge in [-0.3, -0.25) is 19.5 Å². The van der Waals surface area contributed by atoms with Crippen LogP contribution in [0.5, 0.6) is 11.6 Å². The first-order valence-corrected chi connectivity index (χ1v) is 12.0. The molecule has 5 rings (SSSR count). The first-order valence-electron chi connectivity index (χ1n) is 11.6. The summed E-state index contributed by atoms with van der Waals surface area (Å²) in [5.74, 6) is 0.168. The largest absolute Gasteiger partial charge is 0.439 e. The zero-order valence-corrected chi connectivity index (χ0v) is 20.9. The van der Waals surface area contributed by atoms with Gasteiger partial charge in [0.05, 0.1) is 13.1 Å². The van der Waals surface area contributed by atoms with Gasteiger partial charge >= 0.3 is 0 Å². The van der Waals surface area contributed by atoms with Gasteiger partial charge in [-0.1, -0.05) is 29.8 Å². The van der Waals surface area contributed by atoms with Gasteiger partial charge in [0, 0.05) is 23.7 Å². The number of guanidine groups is 1. The molecule has 0 saturated heterocycles. The maximum absolute atomic E-state index is 13.5. The summed E-state index contributed by atoms with van der Waals surface area (Å²) in [6, 6.07) is 19.0. The van der Waals surface area contributed by atoms with E-state index in [1.54, 1.807) is 60.4 Å². The number of nitrogens with two attached hydrogens (primary N) is 1. The van der Waals surface area contributed by atoms with Gasteiger partial charge in [0.1, 0.15) is 17.4 Å². The molecule has 0 aliphatic carbocycles. The highest BCUT2D eigenvalue weighted by Gasteiger charge is 2.36. The molecule has 1 unspecified atom stereocenters. The van der Waals surface area contributed by atoms with Crippen LogP contribution in [0, 0.1) is 6.92 Å². The molecule has 38 heavy (non-hydrogen) atoms. The zero-order valence-electron chi connectivity index (χ0n) is 20.2. The third-order valence-corrected chi connectivity index (χ3v) is 5.90. The average Bonchev–Trinajstić information content (AvgIpc) is 3.34. The van der Waals surface area contributed by atoms with Crippen molar-refractivity contribution in [1.29, 1.82) is 0 Å². The summed E-state index contributed by atoms with van der Waals surface area (Å²) in [7, 11) is 0. The Morgan fingerprint density at radius 1 is 1.13 bits per heavy atom. The molecule has 2 aromatic heterocycles. The molecule has 11 nitrogen and oxygen atoms in total. The molecule has 1 aliphatic rings. The second-order valence-corrected chi connectivity index (χ2v) is 8.84. The van der Waals surface area contributed by atoms with Crippen molar-refractivity contribution in [2.45, 2.75) is 19.4 Å². The van der Waals surface area contributed by atoms with E-state index in [1.165, 1.54) is 6.07 Å². The van der Waals surface area contributed by atoms with Gasteiger partial charge < -0.3 is 20.2 Å². The predicted molar refractivity (Wildman–Crippen MR) is 139 cm³/mol. The van der Waals surface area contributed by atoms with E-state index in [9.17, 15) is 9.59 Å². The maximum atomic E-state index is 13.5. The van der Waals surface area contributed by atoms with Crippen molar-refractivity contribution in [1.82, 2.24) is 20.1 Å². The van der Waals surface area contributed by atoms with Crippen LogP contribution in [0.25, 0.3) is 0 Å².